The van der Waals surface area contributed by atoms with Gasteiger partial charge in [-0.15, -0.1) is 0 Å². The van der Waals surface area contributed by atoms with Crippen LogP contribution in [0.15, 0.2) is 30.3 Å². The first-order chi connectivity index (χ1) is 12.9. The van der Waals surface area contributed by atoms with Crippen molar-refractivity contribution in [2.45, 2.75) is 40.2 Å². The Hall–Kier alpha value is -2.89. The maximum atomic E-state index is 12.4. The van der Waals surface area contributed by atoms with Crippen LogP contribution in [0.25, 0.3) is 0 Å². The van der Waals surface area contributed by atoms with Crippen LogP contribution in [0.1, 0.15) is 51.9 Å². The lowest BCUT2D eigenvalue weighted by atomic mass is 10.1. The number of hydrogen-bond acceptors (Lipinski definition) is 4. The Kier molecular flexibility index (Phi) is 5.44. The highest BCUT2D eigenvalue weighted by molar-refractivity contribution is 6.00. The molecule has 1 N–H and O–H groups in total. The molecular weight excluding hydrogens is 344 g/mol. The van der Waals surface area contributed by atoms with Crippen LogP contribution in [-0.2, 0) is 16.1 Å². The van der Waals surface area contributed by atoms with Crippen molar-refractivity contribution in [2.75, 3.05) is 11.9 Å². The van der Waals surface area contributed by atoms with E-state index in [2.05, 4.69) is 5.32 Å². The normalized spacial score (nSPS) is 13.3. The molecule has 27 heavy (non-hydrogen) atoms. The molecule has 1 amide bonds. The van der Waals surface area contributed by atoms with Crippen molar-refractivity contribution in [1.29, 1.82) is 0 Å². The number of aryl methyl sites for hydroxylation is 1. The van der Waals surface area contributed by atoms with E-state index in [0.29, 0.717) is 16.8 Å². The van der Waals surface area contributed by atoms with Gasteiger partial charge < -0.3 is 14.6 Å². The Morgan fingerprint density at radius 3 is 2.37 bits per heavy atom. The molecule has 3 rings (SSSR count). The smallest absolute Gasteiger partial charge is 0.338 e. The number of nitrogens with zero attached hydrogens (tertiary/aromatic N) is 1. The van der Waals surface area contributed by atoms with Crippen LogP contribution in [0.2, 0.25) is 0 Å². The molecule has 1 fully saturated rings. The summed E-state index contributed by atoms with van der Waals surface area (Å²) in [6.45, 7) is 6.34. The SMILES string of the molecule is CCn1c(C)cc(C(=O)COC(=O)c2ccc(NC(=O)C3CC3)cc2)c1C. The first kappa shape index (κ1) is 18.9. The second-order valence-corrected chi connectivity index (χ2v) is 6.87. The van der Waals surface area contributed by atoms with Crippen molar-refractivity contribution in [1.82, 2.24) is 4.57 Å². The van der Waals surface area contributed by atoms with Gasteiger partial charge in [0.25, 0.3) is 0 Å². The van der Waals surface area contributed by atoms with Crippen molar-refractivity contribution >= 4 is 23.3 Å². The predicted octanol–water partition coefficient (Wildman–Crippen LogP) is 3.51. The highest BCUT2D eigenvalue weighted by Crippen LogP contribution is 2.30. The van der Waals surface area contributed by atoms with E-state index >= 15 is 0 Å². The summed E-state index contributed by atoms with van der Waals surface area (Å²) in [6.07, 6.45) is 1.87. The van der Waals surface area contributed by atoms with E-state index in [4.69, 9.17) is 4.74 Å². The largest absolute Gasteiger partial charge is 0.454 e. The molecule has 6 nitrogen and oxygen atoms in total. The second-order valence-electron chi connectivity index (χ2n) is 6.87. The van der Waals surface area contributed by atoms with E-state index in [1.54, 1.807) is 24.3 Å². The first-order valence-electron chi connectivity index (χ1n) is 9.18. The van der Waals surface area contributed by atoms with Gasteiger partial charge in [0.05, 0.1) is 5.56 Å². The summed E-state index contributed by atoms with van der Waals surface area (Å²) in [7, 11) is 0. The second kappa shape index (κ2) is 7.78. The number of benzene rings is 1. The minimum absolute atomic E-state index is 0.0144. The minimum atomic E-state index is -0.562. The number of ketones is 1. The number of esters is 1. The lowest BCUT2D eigenvalue weighted by Crippen LogP contribution is -2.15. The van der Waals surface area contributed by atoms with Crippen molar-refractivity contribution in [3.8, 4) is 0 Å². The Morgan fingerprint density at radius 2 is 1.81 bits per heavy atom. The van der Waals surface area contributed by atoms with Crippen LogP contribution >= 0.6 is 0 Å². The number of hydrogen-bond donors (Lipinski definition) is 1. The van der Waals surface area contributed by atoms with Crippen LogP contribution in [0.5, 0.6) is 0 Å². The third-order valence-electron chi connectivity index (χ3n) is 4.86. The van der Waals surface area contributed by atoms with Gasteiger partial charge in [-0.2, -0.15) is 0 Å². The fourth-order valence-corrected chi connectivity index (χ4v) is 3.14. The Bertz CT molecular complexity index is 876. The zero-order valence-corrected chi connectivity index (χ0v) is 15.9. The van der Waals surface area contributed by atoms with Crippen molar-refractivity contribution in [3.63, 3.8) is 0 Å². The van der Waals surface area contributed by atoms with E-state index in [9.17, 15) is 14.4 Å². The van der Waals surface area contributed by atoms with Gasteiger partial charge in [-0.3, -0.25) is 9.59 Å². The number of amides is 1. The van der Waals surface area contributed by atoms with E-state index < -0.39 is 5.97 Å². The van der Waals surface area contributed by atoms with Crippen LogP contribution in [-0.4, -0.2) is 28.8 Å². The van der Waals surface area contributed by atoms with Crippen molar-refractivity contribution < 1.29 is 19.1 Å². The molecule has 1 aromatic heterocycles. The summed E-state index contributed by atoms with van der Waals surface area (Å²) in [5.41, 5.74) is 3.46. The molecule has 0 unspecified atom stereocenters. The third kappa shape index (κ3) is 4.27. The molecule has 1 heterocycles. The fourth-order valence-electron chi connectivity index (χ4n) is 3.14. The maximum absolute atomic E-state index is 12.4. The molecule has 1 aliphatic rings. The molecule has 2 aromatic rings. The van der Waals surface area contributed by atoms with Gasteiger partial charge in [0.1, 0.15) is 0 Å². The Labute approximate surface area is 158 Å². The van der Waals surface area contributed by atoms with Gasteiger partial charge in [0, 0.05) is 35.1 Å². The van der Waals surface area contributed by atoms with E-state index in [1.807, 2.05) is 31.4 Å². The molecular formula is C21H24N2O4. The molecule has 0 bridgehead atoms. The number of ether oxygens (including phenoxy) is 1. The summed E-state index contributed by atoms with van der Waals surface area (Å²) in [5.74, 6) is -0.645. The lowest BCUT2D eigenvalue weighted by molar-refractivity contribution is -0.117. The third-order valence-corrected chi connectivity index (χ3v) is 4.86. The number of rotatable bonds is 7. The van der Waals surface area contributed by atoms with Gasteiger partial charge in [-0.25, -0.2) is 4.79 Å². The first-order valence-corrected chi connectivity index (χ1v) is 9.18. The van der Waals surface area contributed by atoms with Crippen molar-refractivity contribution in [2.24, 2.45) is 5.92 Å². The topological polar surface area (TPSA) is 77.4 Å². The number of nitrogens with one attached hydrogen (secondary N) is 1. The molecule has 1 aliphatic carbocycles. The summed E-state index contributed by atoms with van der Waals surface area (Å²) < 4.78 is 7.21. The molecule has 1 saturated carbocycles. The van der Waals surface area contributed by atoms with Crippen LogP contribution in [0, 0.1) is 19.8 Å². The predicted molar refractivity (Wildman–Crippen MR) is 102 cm³/mol. The van der Waals surface area contributed by atoms with Gasteiger partial charge in [-0.1, -0.05) is 0 Å². The highest BCUT2D eigenvalue weighted by atomic mass is 16.5. The average molecular weight is 368 g/mol. The van der Waals surface area contributed by atoms with Gasteiger partial charge >= 0.3 is 5.97 Å². The lowest BCUT2D eigenvalue weighted by Gasteiger charge is -2.07. The summed E-state index contributed by atoms with van der Waals surface area (Å²) in [5, 5.41) is 2.81. The standard InChI is InChI=1S/C21H24N2O4/c1-4-23-13(2)11-18(14(23)3)19(24)12-27-21(26)16-7-9-17(10-8-16)22-20(25)15-5-6-15/h7-11,15H,4-6,12H2,1-3H3,(H,22,25). The highest BCUT2D eigenvalue weighted by Gasteiger charge is 2.29. The Morgan fingerprint density at radius 1 is 1.15 bits per heavy atom. The van der Waals surface area contributed by atoms with Gasteiger partial charge in [0.15, 0.2) is 6.61 Å². The molecule has 0 radical (unpaired) electrons. The van der Waals surface area contributed by atoms with Crippen LogP contribution < -0.4 is 5.32 Å². The summed E-state index contributed by atoms with van der Waals surface area (Å²) >= 11 is 0. The van der Waals surface area contributed by atoms with Gasteiger partial charge in [0.2, 0.25) is 11.7 Å². The molecule has 0 aliphatic heterocycles. The summed E-state index contributed by atoms with van der Waals surface area (Å²) in [6, 6.07) is 8.31. The number of aromatic nitrogens is 1. The monoisotopic (exact) mass is 368 g/mol. The molecule has 0 saturated heterocycles. The van der Waals surface area contributed by atoms with E-state index in [1.165, 1.54) is 0 Å². The molecule has 6 heteroatoms. The number of carbonyl (C=O) groups is 3. The minimum Gasteiger partial charge on any atom is -0.454 e. The molecule has 1 aromatic carbocycles. The number of carbonyl (C=O) groups excluding carboxylic acids is 3. The quantitative estimate of drug-likeness (QED) is 0.599. The van der Waals surface area contributed by atoms with Crippen molar-refractivity contribution in [3.05, 3.63) is 52.8 Å². The van der Waals surface area contributed by atoms with Gasteiger partial charge in [-0.05, 0) is 63.9 Å². The van der Waals surface area contributed by atoms with E-state index in [0.717, 1.165) is 30.8 Å². The van der Waals surface area contributed by atoms with Crippen LogP contribution in [0.4, 0.5) is 5.69 Å². The zero-order valence-electron chi connectivity index (χ0n) is 15.9. The van der Waals surface area contributed by atoms with Crippen LogP contribution in [0.3, 0.4) is 0 Å². The number of anilines is 1. The Balaban J connectivity index is 1.57. The molecule has 142 valence electrons. The molecule has 0 atom stereocenters. The summed E-state index contributed by atoms with van der Waals surface area (Å²) in [4.78, 5) is 36.3. The van der Waals surface area contributed by atoms with E-state index in [-0.39, 0.29) is 24.2 Å². The zero-order chi connectivity index (χ0) is 19.6. The fraction of sp³-hybridized carbons (Fsp3) is 0.381. The average Bonchev–Trinajstić information content (AvgIpc) is 3.46. The molecule has 0 spiro atoms. The number of Topliss-reactive ketones (excluding diaryl/α,β-unsaturated/α-hetero) is 1. The maximum Gasteiger partial charge on any atom is 0.338 e.